The Morgan fingerprint density at radius 1 is 1.50 bits per heavy atom. The summed E-state index contributed by atoms with van der Waals surface area (Å²) in [6.07, 6.45) is 2.04. The van der Waals surface area contributed by atoms with Gasteiger partial charge in [-0.15, -0.1) is 6.58 Å². The molecule has 1 fully saturated rings. The number of rotatable bonds is 3. The average molecular weight is 252 g/mol. The second kappa shape index (κ2) is 5.16. The molecule has 2 rings (SSSR count). The smallest absolute Gasteiger partial charge is 0.0993 e. The van der Waals surface area contributed by atoms with Crippen molar-refractivity contribution in [3.8, 4) is 0 Å². The van der Waals surface area contributed by atoms with Crippen LogP contribution in [0.2, 0.25) is 0 Å². The molecule has 1 unspecified atom stereocenters. The number of fused-ring (bicyclic) bond motifs is 1. The predicted octanol–water partition coefficient (Wildman–Crippen LogP) is 1.90. The van der Waals surface area contributed by atoms with Gasteiger partial charge in [-0.2, -0.15) is 0 Å². The molecule has 102 valence electrons. The number of hydrogen-bond acceptors (Lipinski definition) is 3. The lowest BCUT2D eigenvalue weighted by Gasteiger charge is -2.34. The van der Waals surface area contributed by atoms with E-state index in [-0.39, 0.29) is 30.7 Å². The van der Waals surface area contributed by atoms with Crippen LogP contribution in [-0.2, 0) is 4.74 Å². The van der Waals surface area contributed by atoms with E-state index in [1.165, 1.54) is 0 Å². The highest BCUT2D eigenvalue weighted by molar-refractivity contribution is 5.34. The fourth-order valence-corrected chi connectivity index (χ4v) is 3.46. The maximum Gasteiger partial charge on any atom is 0.0993 e. The SMILES string of the molecule is C=C[C@@H]1O[C@H](C)[C@@H]2C[C@H](C(C)C)C(O)C2=C1CO. The Bertz CT molecular complexity index is 359. The average Bonchev–Trinajstić information content (AvgIpc) is 2.68. The molecule has 1 aliphatic heterocycles. The summed E-state index contributed by atoms with van der Waals surface area (Å²) in [5.74, 6) is 0.944. The summed E-state index contributed by atoms with van der Waals surface area (Å²) in [5, 5.41) is 20.1. The standard InChI is InChI=1S/C15H24O3/c1-5-13-12(7-16)14-11(9(4)18-13)6-10(8(2)3)15(14)17/h5,8-11,13,15-17H,1,6-7H2,2-4H3/t9-,10-,11+,13+,15?/m1/s1. The first-order valence-electron chi connectivity index (χ1n) is 6.81. The highest BCUT2D eigenvalue weighted by Gasteiger charge is 2.46. The van der Waals surface area contributed by atoms with Crippen LogP contribution >= 0.6 is 0 Å². The summed E-state index contributed by atoms with van der Waals surface area (Å²) in [5.41, 5.74) is 1.84. The lowest BCUT2D eigenvalue weighted by atomic mass is 9.87. The van der Waals surface area contributed by atoms with E-state index in [2.05, 4.69) is 20.4 Å². The summed E-state index contributed by atoms with van der Waals surface area (Å²) in [7, 11) is 0. The van der Waals surface area contributed by atoms with Crippen LogP contribution in [0.5, 0.6) is 0 Å². The van der Waals surface area contributed by atoms with Crippen LogP contribution in [0.3, 0.4) is 0 Å². The van der Waals surface area contributed by atoms with E-state index < -0.39 is 6.10 Å². The van der Waals surface area contributed by atoms with Crippen molar-refractivity contribution in [3.05, 3.63) is 23.8 Å². The molecule has 0 aromatic heterocycles. The lowest BCUT2D eigenvalue weighted by molar-refractivity contribution is -0.00539. The van der Waals surface area contributed by atoms with E-state index in [0.717, 1.165) is 17.6 Å². The third kappa shape index (κ3) is 2.04. The van der Waals surface area contributed by atoms with Crippen molar-refractivity contribution in [2.75, 3.05) is 6.61 Å². The normalized spacial score (nSPS) is 40.2. The molecule has 3 heteroatoms. The van der Waals surface area contributed by atoms with E-state index in [4.69, 9.17) is 4.74 Å². The van der Waals surface area contributed by atoms with E-state index in [1.807, 2.05) is 6.92 Å². The van der Waals surface area contributed by atoms with Gasteiger partial charge in [-0.25, -0.2) is 0 Å². The highest BCUT2D eigenvalue weighted by atomic mass is 16.5. The summed E-state index contributed by atoms with van der Waals surface area (Å²) in [6.45, 7) is 10.0. The van der Waals surface area contributed by atoms with Gasteiger partial charge in [-0.1, -0.05) is 19.9 Å². The van der Waals surface area contributed by atoms with E-state index >= 15 is 0 Å². The maximum absolute atomic E-state index is 10.5. The van der Waals surface area contributed by atoms with Crippen LogP contribution in [0, 0.1) is 17.8 Å². The van der Waals surface area contributed by atoms with Crippen molar-refractivity contribution in [1.29, 1.82) is 0 Å². The predicted molar refractivity (Wildman–Crippen MR) is 71.1 cm³/mol. The van der Waals surface area contributed by atoms with Gasteiger partial charge in [0, 0.05) is 5.92 Å². The summed E-state index contributed by atoms with van der Waals surface area (Å²) >= 11 is 0. The van der Waals surface area contributed by atoms with Gasteiger partial charge in [0.1, 0.15) is 0 Å². The third-order valence-corrected chi connectivity index (χ3v) is 4.53. The Balaban J connectivity index is 2.42. The fourth-order valence-electron chi connectivity index (χ4n) is 3.46. The van der Waals surface area contributed by atoms with Gasteiger partial charge in [0.15, 0.2) is 0 Å². The Morgan fingerprint density at radius 2 is 2.17 bits per heavy atom. The van der Waals surface area contributed by atoms with Gasteiger partial charge in [0.05, 0.1) is 24.9 Å². The van der Waals surface area contributed by atoms with Gasteiger partial charge in [-0.05, 0) is 36.3 Å². The van der Waals surface area contributed by atoms with Crippen molar-refractivity contribution in [2.45, 2.75) is 45.5 Å². The first-order chi connectivity index (χ1) is 8.51. The van der Waals surface area contributed by atoms with Crippen molar-refractivity contribution in [2.24, 2.45) is 17.8 Å². The van der Waals surface area contributed by atoms with Crippen LogP contribution in [0.1, 0.15) is 27.2 Å². The Morgan fingerprint density at radius 3 is 2.67 bits per heavy atom. The second-order valence-electron chi connectivity index (χ2n) is 5.83. The first-order valence-corrected chi connectivity index (χ1v) is 6.81. The molecule has 2 N–H and O–H groups in total. The van der Waals surface area contributed by atoms with Gasteiger partial charge in [0.2, 0.25) is 0 Å². The van der Waals surface area contributed by atoms with Crippen LogP contribution in [0.15, 0.2) is 23.8 Å². The van der Waals surface area contributed by atoms with Crippen LogP contribution in [0.4, 0.5) is 0 Å². The molecule has 1 saturated carbocycles. The largest absolute Gasteiger partial charge is 0.392 e. The molecule has 0 aromatic carbocycles. The zero-order valence-corrected chi connectivity index (χ0v) is 11.5. The zero-order chi connectivity index (χ0) is 13.4. The molecule has 5 atom stereocenters. The van der Waals surface area contributed by atoms with Crippen molar-refractivity contribution in [1.82, 2.24) is 0 Å². The second-order valence-corrected chi connectivity index (χ2v) is 5.83. The van der Waals surface area contributed by atoms with E-state index in [1.54, 1.807) is 6.08 Å². The lowest BCUT2D eigenvalue weighted by Crippen LogP contribution is -2.36. The molecular weight excluding hydrogens is 228 g/mol. The van der Waals surface area contributed by atoms with Crippen molar-refractivity contribution >= 4 is 0 Å². The summed E-state index contributed by atoms with van der Waals surface area (Å²) < 4.78 is 5.88. The monoisotopic (exact) mass is 252 g/mol. The van der Waals surface area contributed by atoms with E-state index in [9.17, 15) is 10.2 Å². The minimum Gasteiger partial charge on any atom is -0.392 e. The number of aliphatic hydroxyl groups is 2. The fraction of sp³-hybridized carbons (Fsp3) is 0.733. The quantitative estimate of drug-likeness (QED) is 0.754. The minimum absolute atomic E-state index is 0.0584. The third-order valence-electron chi connectivity index (χ3n) is 4.53. The first kappa shape index (κ1) is 13.8. The zero-order valence-electron chi connectivity index (χ0n) is 11.5. The van der Waals surface area contributed by atoms with Crippen LogP contribution < -0.4 is 0 Å². The summed E-state index contributed by atoms with van der Waals surface area (Å²) in [6, 6.07) is 0. The topological polar surface area (TPSA) is 49.7 Å². The molecule has 18 heavy (non-hydrogen) atoms. The Kier molecular flexibility index (Phi) is 3.95. The molecule has 1 heterocycles. The molecule has 0 bridgehead atoms. The molecule has 0 radical (unpaired) electrons. The van der Waals surface area contributed by atoms with Crippen molar-refractivity contribution < 1.29 is 14.9 Å². The van der Waals surface area contributed by atoms with Crippen LogP contribution in [-0.4, -0.2) is 35.1 Å². The van der Waals surface area contributed by atoms with Crippen LogP contribution in [0.25, 0.3) is 0 Å². The Hall–Kier alpha value is -0.640. The van der Waals surface area contributed by atoms with Gasteiger partial charge >= 0.3 is 0 Å². The van der Waals surface area contributed by atoms with E-state index in [0.29, 0.717) is 5.92 Å². The van der Waals surface area contributed by atoms with Gasteiger partial charge in [0.25, 0.3) is 0 Å². The van der Waals surface area contributed by atoms with Gasteiger partial charge in [-0.3, -0.25) is 0 Å². The molecule has 0 aromatic rings. The molecule has 0 amide bonds. The highest BCUT2D eigenvalue weighted by Crippen LogP contribution is 2.47. The van der Waals surface area contributed by atoms with Gasteiger partial charge < -0.3 is 14.9 Å². The molecule has 3 nitrogen and oxygen atoms in total. The molecule has 1 aliphatic carbocycles. The van der Waals surface area contributed by atoms with Crippen molar-refractivity contribution in [3.63, 3.8) is 0 Å². The Labute approximate surface area is 109 Å². The molecule has 2 aliphatic rings. The number of hydrogen-bond donors (Lipinski definition) is 2. The minimum atomic E-state index is -0.439. The maximum atomic E-state index is 10.5. The summed E-state index contributed by atoms with van der Waals surface area (Å²) in [4.78, 5) is 0. The number of ether oxygens (including phenoxy) is 1. The molecule has 0 saturated heterocycles. The number of aliphatic hydroxyl groups excluding tert-OH is 2. The molecule has 0 spiro atoms. The molecular formula is C15H24O3.